The lowest BCUT2D eigenvalue weighted by Gasteiger charge is -2.22. The van der Waals surface area contributed by atoms with Gasteiger partial charge in [-0.1, -0.05) is 13.8 Å². The third-order valence-corrected chi connectivity index (χ3v) is 5.14. The molecule has 2 rings (SSSR count). The second kappa shape index (κ2) is 3.93. The molecule has 1 atom stereocenters. The van der Waals surface area contributed by atoms with E-state index >= 15 is 0 Å². The molecule has 14 heavy (non-hydrogen) atoms. The Labute approximate surface area is 89.3 Å². The van der Waals surface area contributed by atoms with E-state index in [2.05, 4.69) is 19.2 Å². The molecule has 1 saturated heterocycles. The quantitative estimate of drug-likeness (QED) is 0.773. The lowest BCUT2D eigenvalue weighted by molar-refractivity contribution is 0.437. The minimum absolute atomic E-state index is 0.515. The highest BCUT2D eigenvalue weighted by atomic mass is 32.2. The van der Waals surface area contributed by atoms with Gasteiger partial charge in [0, 0.05) is 28.3 Å². The smallest absolute Gasteiger partial charge is 0.0249 e. The molecule has 3 heteroatoms. The van der Waals surface area contributed by atoms with Crippen LogP contribution < -0.4 is 5.32 Å². The van der Waals surface area contributed by atoms with Gasteiger partial charge >= 0.3 is 0 Å². The van der Waals surface area contributed by atoms with Gasteiger partial charge in [-0.05, 0) is 37.1 Å². The lowest BCUT2D eigenvalue weighted by atomic mass is 10.1. The van der Waals surface area contributed by atoms with Crippen molar-refractivity contribution in [3.05, 3.63) is 0 Å². The molecular formula is C11H21NOS. The van der Waals surface area contributed by atoms with Gasteiger partial charge in [-0.2, -0.15) is 0 Å². The van der Waals surface area contributed by atoms with Gasteiger partial charge in [0.15, 0.2) is 0 Å². The highest BCUT2D eigenvalue weighted by Crippen LogP contribution is 2.51. The van der Waals surface area contributed by atoms with Crippen LogP contribution >= 0.6 is 0 Å². The van der Waals surface area contributed by atoms with Gasteiger partial charge in [0.25, 0.3) is 0 Å². The predicted octanol–water partition coefficient (Wildman–Crippen LogP) is 1.53. The number of hydrogen-bond donors (Lipinski definition) is 1. The molecule has 82 valence electrons. The fourth-order valence-electron chi connectivity index (χ4n) is 2.23. The summed E-state index contributed by atoms with van der Waals surface area (Å²) in [5.41, 5.74) is 0.588. The highest BCUT2D eigenvalue weighted by molar-refractivity contribution is 7.85. The summed E-state index contributed by atoms with van der Waals surface area (Å²) >= 11 is 0. The molecule has 1 aliphatic heterocycles. The maximum atomic E-state index is 11.1. The highest BCUT2D eigenvalue weighted by Gasteiger charge is 2.45. The molecule has 1 saturated carbocycles. The summed E-state index contributed by atoms with van der Waals surface area (Å²) in [6.07, 6.45) is 3.60. The molecular weight excluding hydrogens is 194 g/mol. The largest absolute Gasteiger partial charge is 0.314 e. The number of hydrogen-bond acceptors (Lipinski definition) is 2. The molecule has 0 aromatic heterocycles. The van der Waals surface area contributed by atoms with Gasteiger partial charge in [0.05, 0.1) is 0 Å². The molecule has 0 aromatic carbocycles. The van der Waals surface area contributed by atoms with E-state index in [0.29, 0.717) is 11.5 Å². The molecule has 1 heterocycles. The van der Waals surface area contributed by atoms with E-state index < -0.39 is 10.8 Å². The average molecular weight is 215 g/mol. The summed E-state index contributed by atoms with van der Waals surface area (Å²) in [5.74, 6) is 2.70. The van der Waals surface area contributed by atoms with Crippen LogP contribution in [0.25, 0.3) is 0 Å². The Balaban J connectivity index is 1.65. The van der Waals surface area contributed by atoms with Crippen LogP contribution in [0.4, 0.5) is 0 Å². The monoisotopic (exact) mass is 215 g/mol. The summed E-state index contributed by atoms with van der Waals surface area (Å²) in [6, 6.07) is 0.643. The Hall–Kier alpha value is 0.110. The third-order valence-electron chi connectivity index (χ3n) is 3.76. The van der Waals surface area contributed by atoms with Crippen LogP contribution in [-0.2, 0) is 10.8 Å². The van der Waals surface area contributed by atoms with Gasteiger partial charge in [-0.25, -0.2) is 0 Å². The van der Waals surface area contributed by atoms with Gasteiger partial charge in [0.2, 0.25) is 0 Å². The number of rotatable bonds is 3. The van der Waals surface area contributed by atoms with E-state index in [0.717, 1.165) is 30.3 Å². The van der Waals surface area contributed by atoms with E-state index in [1.165, 1.54) is 13.0 Å². The summed E-state index contributed by atoms with van der Waals surface area (Å²) in [7, 11) is -0.515. The van der Waals surface area contributed by atoms with Crippen LogP contribution in [0.3, 0.4) is 0 Å². The Bertz CT molecular complexity index is 229. The molecule has 0 aromatic rings. The summed E-state index contributed by atoms with van der Waals surface area (Å²) in [4.78, 5) is 0. The molecule has 0 radical (unpaired) electrons. The van der Waals surface area contributed by atoms with Crippen LogP contribution in [-0.4, -0.2) is 28.3 Å². The predicted molar refractivity (Wildman–Crippen MR) is 60.8 cm³/mol. The maximum absolute atomic E-state index is 11.1. The SMILES string of the molecule is CC1(C)CC1CNC1CCS(=O)CC1. The van der Waals surface area contributed by atoms with Crippen molar-refractivity contribution in [3.63, 3.8) is 0 Å². The van der Waals surface area contributed by atoms with Crippen molar-refractivity contribution in [3.8, 4) is 0 Å². The first-order valence-electron chi connectivity index (χ1n) is 5.66. The number of nitrogens with one attached hydrogen (secondary N) is 1. The van der Waals surface area contributed by atoms with Crippen molar-refractivity contribution < 1.29 is 4.21 Å². The Morgan fingerprint density at radius 2 is 1.93 bits per heavy atom. The van der Waals surface area contributed by atoms with Gasteiger partial charge in [-0.3, -0.25) is 4.21 Å². The van der Waals surface area contributed by atoms with Crippen molar-refractivity contribution in [2.75, 3.05) is 18.1 Å². The molecule has 0 bridgehead atoms. The molecule has 1 unspecified atom stereocenters. The first-order valence-corrected chi connectivity index (χ1v) is 7.15. The molecule has 2 fully saturated rings. The fourth-order valence-corrected chi connectivity index (χ4v) is 3.53. The second-order valence-electron chi connectivity index (χ2n) is 5.42. The molecule has 1 aliphatic carbocycles. The molecule has 2 nitrogen and oxygen atoms in total. The Morgan fingerprint density at radius 3 is 2.43 bits per heavy atom. The van der Waals surface area contributed by atoms with Crippen LogP contribution in [0.15, 0.2) is 0 Å². The summed E-state index contributed by atoms with van der Waals surface area (Å²) in [6.45, 7) is 5.86. The fraction of sp³-hybridized carbons (Fsp3) is 1.00. The first kappa shape index (κ1) is 10.6. The van der Waals surface area contributed by atoms with Crippen molar-refractivity contribution in [2.24, 2.45) is 11.3 Å². The zero-order valence-corrected chi connectivity index (χ0v) is 10.0. The van der Waals surface area contributed by atoms with E-state index in [1.54, 1.807) is 0 Å². The maximum Gasteiger partial charge on any atom is 0.0249 e. The zero-order valence-electron chi connectivity index (χ0n) is 9.21. The topological polar surface area (TPSA) is 29.1 Å². The molecule has 0 spiro atoms. The van der Waals surface area contributed by atoms with Gasteiger partial charge in [-0.15, -0.1) is 0 Å². The minimum atomic E-state index is -0.515. The van der Waals surface area contributed by atoms with Crippen LogP contribution in [0.2, 0.25) is 0 Å². The normalized spacial score (nSPS) is 40.9. The third kappa shape index (κ3) is 2.57. The van der Waals surface area contributed by atoms with Crippen LogP contribution in [0.1, 0.15) is 33.1 Å². The molecule has 1 N–H and O–H groups in total. The van der Waals surface area contributed by atoms with Crippen molar-refractivity contribution in [1.29, 1.82) is 0 Å². The summed E-state index contributed by atoms with van der Waals surface area (Å²) < 4.78 is 11.1. The van der Waals surface area contributed by atoms with E-state index in [4.69, 9.17) is 0 Å². The Kier molecular flexibility index (Phi) is 2.98. The second-order valence-corrected chi connectivity index (χ2v) is 7.12. The van der Waals surface area contributed by atoms with Crippen molar-refractivity contribution in [1.82, 2.24) is 5.32 Å². The van der Waals surface area contributed by atoms with E-state index in [-0.39, 0.29) is 0 Å². The van der Waals surface area contributed by atoms with Gasteiger partial charge in [0.1, 0.15) is 0 Å². The van der Waals surface area contributed by atoms with Crippen LogP contribution in [0.5, 0.6) is 0 Å². The van der Waals surface area contributed by atoms with Gasteiger partial charge < -0.3 is 5.32 Å². The summed E-state index contributed by atoms with van der Waals surface area (Å²) in [5, 5.41) is 3.63. The molecule has 2 aliphatic rings. The van der Waals surface area contributed by atoms with E-state index in [1.807, 2.05) is 0 Å². The van der Waals surface area contributed by atoms with Crippen molar-refractivity contribution in [2.45, 2.75) is 39.2 Å². The Morgan fingerprint density at radius 1 is 1.36 bits per heavy atom. The first-order chi connectivity index (χ1) is 6.58. The van der Waals surface area contributed by atoms with Crippen LogP contribution in [0, 0.1) is 11.3 Å². The standard InChI is InChI=1S/C11H21NOS/c1-11(2)7-9(11)8-12-10-3-5-14(13)6-4-10/h9-10,12H,3-8H2,1-2H3. The average Bonchev–Trinajstić information content (AvgIpc) is 2.73. The lowest BCUT2D eigenvalue weighted by Crippen LogP contribution is -2.37. The minimum Gasteiger partial charge on any atom is -0.314 e. The van der Waals surface area contributed by atoms with Crippen molar-refractivity contribution >= 4 is 10.8 Å². The zero-order chi connectivity index (χ0) is 10.2. The molecule has 0 amide bonds. The van der Waals surface area contributed by atoms with E-state index in [9.17, 15) is 4.21 Å².